The van der Waals surface area contributed by atoms with Crippen LogP contribution in [-0.2, 0) is 6.54 Å². The van der Waals surface area contributed by atoms with Gasteiger partial charge < -0.3 is 14.4 Å². The van der Waals surface area contributed by atoms with Gasteiger partial charge in [0.2, 0.25) is 0 Å². The first-order valence-corrected chi connectivity index (χ1v) is 6.44. The number of methoxy groups -OCH3 is 2. The summed E-state index contributed by atoms with van der Waals surface area (Å²) in [5, 5.41) is 2.96. The van der Waals surface area contributed by atoms with E-state index < -0.39 is 0 Å². The van der Waals surface area contributed by atoms with E-state index in [2.05, 4.69) is 9.88 Å². The first-order chi connectivity index (χ1) is 8.74. The molecule has 0 amide bonds. The molecule has 4 nitrogen and oxygen atoms in total. The van der Waals surface area contributed by atoms with Gasteiger partial charge in [0.15, 0.2) is 5.13 Å². The lowest BCUT2D eigenvalue weighted by Gasteiger charge is -2.18. The molecule has 1 aromatic heterocycles. The molecular formula is C13H16N2O2S. The zero-order valence-electron chi connectivity index (χ0n) is 10.7. The predicted octanol–water partition coefficient (Wildman–Crippen LogP) is 2.80. The number of rotatable bonds is 5. The molecule has 0 saturated carbocycles. The van der Waals surface area contributed by atoms with Crippen LogP contribution in [0.4, 0.5) is 5.13 Å². The van der Waals surface area contributed by atoms with Crippen molar-refractivity contribution >= 4 is 16.5 Å². The Labute approximate surface area is 111 Å². The maximum Gasteiger partial charge on any atom is 0.185 e. The molecule has 0 N–H and O–H groups in total. The molecule has 0 atom stereocenters. The van der Waals surface area contributed by atoms with Crippen molar-refractivity contribution in [2.75, 3.05) is 26.2 Å². The summed E-state index contributed by atoms with van der Waals surface area (Å²) in [7, 11) is 5.33. The van der Waals surface area contributed by atoms with Gasteiger partial charge in [-0.3, -0.25) is 0 Å². The van der Waals surface area contributed by atoms with Crippen LogP contribution >= 0.6 is 11.3 Å². The highest BCUT2D eigenvalue weighted by Crippen LogP contribution is 2.27. The fraction of sp³-hybridized carbons (Fsp3) is 0.308. The molecule has 96 valence electrons. The van der Waals surface area contributed by atoms with Crippen LogP contribution < -0.4 is 14.4 Å². The first-order valence-electron chi connectivity index (χ1n) is 5.56. The molecule has 0 fully saturated rings. The van der Waals surface area contributed by atoms with E-state index in [9.17, 15) is 0 Å². The molecule has 18 heavy (non-hydrogen) atoms. The Morgan fingerprint density at radius 3 is 2.72 bits per heavy atom. The van der Waals surface area contributed by atoms with Gasteiger partial charge in [0.25, 0.3) is 0 Å². The molecule has 0 bridgehead atoms. The molecule has 0 radical (unpaired) electrons. The van der Waals surface area contributed by atoms with Gasteiger partial charge in [-0.15, -0.1) is 11.3 Å². The lowest BCUT2D eigenvalue weighted by molar-refractivity contribution is 0.391. The smallest absolute Gasteiger partial charge is 0.185 e. The minimum absolute atomic E-state index is 0.751. The number of nitrogens with zero attached hydrogens (tertiary/aromatic N) is 2. The van der Waals surface area contributed by atoms with Gasteiger partial charge in [-0.2, -0.15) is 0 Å². The molecule has 2 aromatic rings. The largest absolute Gasteiger partial charge is 0.497 e. The summed E-state index contributed by atoms with van der Waals surface area (Å²) in [4.78, 5) is 6.37. The lowest BCUT2D eigenvalue weighted by Crippen LogP contribution is -2.16. The Balaban J connectivity index is 2.18. The number of ether oxygens (including phenoxy) is 2. The lowest BCUT2D eigenvalue weighted by atomic mass is 10.2. The van der Waals surface area contributed by atoms with Crippen LogP contribution in [0.3, 0.4) is 0 Å². The molecule has 0 saturated heterocycles. The number of benzene rings is 1. The molecule has 1 aromatic carbocycles. The predicted molar refractivity (Wildman–Crippen MR) is 73.8 cm³/mol. The van der Waals surface area contributed by atoms with E-state index in [1.54, 1.807) is 25.6 Å². The summed E-state index contributed by atoms with van der Waals surface area (Å²) in [5.41, 5.74) is 1.11. The first kappa shape index (κ1) is 12.7. The molecule has 2 rings (SSSR count). The van der Waals surface area contributed by atoms with Gasteiger partial charge in [-0.05, 0) is 12.1 Å². The third-order valence-electron chi connectivity index (χ3n) is 2.65. The van der Waals surface area contributed by atoms with Crippen LogP contribution in [0.5, 0.6) is 11.5 Å². The average Bonchev–Trinajstić information content (AvgIpc) is 2.93. The fourth-order valence-electron chi connectivity index (χ4n) is 1.71. The second-order valence-electron chi connectivity index (χ2n) is 3.85. The number of thiazole rings is 1. The quantitative estimate of drug-likeness (QED) is 0.831. The molecule has 0 aliphatic heterocycles. The van der Waals surface area contributed by atoms with Crippen LogP contribution in [0.1, 0.15) is 5.56 Å². The van der Waals surface area contributed by atoms with E-state index in [1.165, 1.54) is 0 Å². The monoisotopic (exact) mass is 264 g/mol. The van der Waals surface area contributed by atoms with Crippen LogP contribution in [0.15, 0.2) is 29.8 Å². The van der Waals surface area contributed by atoms with Crippen molar-refractivity contribution < 1.29 is 9.47 Å². The second-order valence-corrected chi connectivity index (χ2v) is 4.72. The van der Waals surface area contributed by atoms with Crippen molar-refractivity contribution in [2.24, 2.45) is 0 Å². The van der Waals surface area contributed by atoms with Crippen LogP contribution in [0, 0.1) is 0 Å². The summed E-state index contributed by atoms with van der Waals surface area (Å²) in [5.74, 6) is 1.63. The molecule has 0 aliphatic carbocycles. The van der Waals surface area contributed by atoms with Gasteiger partial charge >= 0.3 is 0 Å². The van der Waals surface area contributed by atoms with Gasteiger partial charge in [0.1, 0.15) is 11.5 Å². The van der Waals surface area contributed by atoms with Crippen LogP contribution in [0.25, 0.3) is 0 Å². The highest BCUT2D eigenvalue weighted by molar-refractivity contribution is 7.13. The van der Waals surface area contributed by atoms with E-state index in [-0.39, 0.29) is 0 Å². The minimum Gasteiger partial charge on any atom is -0.497 e. The number of hydrogen-bond donors (Lipinski definition) is 0. The van der Waals surface area contributed by atoms with E-state index in [1.807, 2.05) is 36.8 Å². The summed E-state index contributed by atoms with van der Waals surface area (Å²) in [6.07, 6.45) is 1.81. The normalized spacial score (nSPS) is 10.2. The summed E-state index contributed by atoms with van der Waals surface area (Å²) >= 11 is 1.62. The van der Waals surface area contributed by atoms with Gasteiger partial charge in [0, 0.05) is 36.8 Å². The third kappa shape index (κ3) is 2.73. The average molecular weight is 264 g/mol. The zero-order chi connectivity index (χ0) is 13.0. The van der Waals surface area contributed by atoms with Crippen molar-refractivity contribution in [3.05, 3.63) is 35.3 Å². The Kier molecular flexibility index (Phi) is 4.04. The van der Waals surface area contributed by atoms with E-state index in [0.717, 1.165) is 28.7 Å². The van der Waals surface area contributed by atoms with Crippen molar-refractivity contribution in [1.29, 1.82) is 0 Å². The van der Waals surface area contributed by atoms with Gasteiger partial charge in [0.05, 0.1) is 14.2 Å². The maximum absolute atomic E-state index is 5.38. The Morgan fingerprint density at radius 2 is 2.11 bits per heavy atom. The summed E-state index contributed by atoms with van der Waals surface area (Å²) < 4.78 is 10.6. The van der Waals surface area contributed by atoms with Gasteiger partial charge in [-0.1, -0.05) is 0 Å². The Morgan fingerprint density at radius 1 is 1.28 bits per heavy atom. The molecular weight excluding hydrogens is 248 g/mol. The number of anilines is 1. The van der Waals surface area contributed by atoms with Crippen molar-refractivity contribution in [1.82, 2.24) is 4.98 Å². The van der Waals surface area contributed by atoms with Crippen molar-refractivity contribution in [2.45, 2.75) is 6.54 Å². The van der Waals surface area contributed by atoms with Gasteiger partial charge in [-0.25, -0.2) is 4.98 Å². The summed E-state index contributed by atoms with van der Waals surface area (Å²) in [6.45, 7) is 0.751. The SMILES string of the molecule is COc1ccc(CN(C)c2nccs2)c(OC)c1. The number of aromatic nitrogens is 1. The van der Waals surface area contributed by atoms with Crippen molar-refractivity contribution in [3.8, 4) is 11.5 Å². The topological polar surface area (TPSA) is 34.6 Å². The zero-order valence-corrected chi connectivity index (χ0v) is 11.5. The molecule has 5 heteroatoms. The van der Waals surface area contributed by atoms with Crippen LogP contribution in [0.2, 0.25) is 0 Å². The highest BCUT2D eigenvalue weighted by Gasteiger charge is 2.09. The molecule has 1 heterocycles. The third-order valence-corrected chi connectivity index (χ3v) is 3.53. The molecule has 0 unspecified atom stereocenters. The summed E-state index contributed by atoms with van der Waals surface area (Å²) in [6, 6.07) is 5.85. The highest BCUT2D eigenvalue weighted by atomic mass is 32.1. The maximum atomic E-state index is 5.38. The standard InChI is InChI=1S/C13H16N2O2S/c1-15(13-14-6-7-18-13)9-10-4-5-11(16-2)8-12(10)17-3/h4-8H,9H2,1-3H3. The molecule has 0 aliphatic rings. The van der Waals surface area contributed by atoms with Crippen LogP contribution in [-0.4, -0.2) is 26.3 Å². The Hall–Kier alpha value is -1.75. The van der Waals surface area contributed by atoms with E-state index >= 15 is 0 Å². The van der Waals surface area contributed by atoms with E-state index in [0.29, 0.717) is 0 Å². The Bertz CT molecular complexity index is 500. The number of hydrogen-bond acceptors (Lipinski definition) is 5. The second kappa shape index (κ2) is 5.73. The molecule has 0 spiro atoms. The van der Waals surface area contributed by atoms with E-state index in [4.69, 9.17) is 9.47 Å². The fourth-order valence-corrected chi connectivity index (χ4v) is 2.32. The minimum atomic E-state index is 0.751. The van der Waals surface area contributed by atoms with Crippen molar-refractivity contribution in [3.63, 3.8) is 0 Å².